The van der Waals surface area contributed by atoms with Gasteiger partial charge in [0.05, 0.1) is 50.2 Å². The number of ether oxygens (including phenoxy) is 3. The Morgan fingerprint density at radius 1 is 0.881 bits per heavy atom. The molecule has 16 heteroatoms. The van der Waals surface area contributed by atoms with Crippen molar-refractivity contribution in [2.45, 2.75) is 76.9 Å². The van der Waals surface area contributed by atoms with Crippen molar-refractivity contribution in [2.75, 3.05) is 95.7 Å². The highest BCUT2D eigenvalue weighted by Gasteiger charge is 2.42. The number of hydrogen-bond acceptors (Lipinski definition) is 12. The molecule has 0 spiro atoms. The topological polar surface area (TPSA) is 190 Å². The molecule has 0 radical (unpaired) electrons. The number of aromatic amines is 1. The van der Waals surface area contributed by atoms with Gasteiger partial charge in [-0.25, -0.2) is 0 Å². The molecule has 67 heavy (non-hydrogen) atoms. The lowest BCUT2D eigenvalue weighted by Crippen LogP contribution is -2.55. The molecule has 0 saturated carbocycles. The van der Waals surface area contributed by atoms with Crippen molar-refractivity contribution in [3.05, 3.63) is 93.2 Å². The summed E-state index contributed by atoms with van der Waals surface area (Å²) in [5.41, 5.74) is 8.98. The molecule has 4 aromatic rings. The van der Waals surface area contributed by atoms with Crippen LogP contribution in [0, 0.1) is 11.3 Å². The van der Waals surface area contributed by atoms with Crippen LogP contribution in [0.1, 0.15) is 101 Å². The van der Waals surface area contributed by atoms with E-state index in [4.69, 9.17) is 14.2 Å². The van der Waals surface area contributed by atoms with E-state index in [9.17, 15) is 29.2 Å². The Kier molecular flexibility index (Phi) is 13.5. The predicted molar refractivity (Wildman–Crippen MR) is 251 cm³/mol. The van der Waals surface area contributed by atoms with Gasteiger partial charge in [-0.05, 0) is 73.2 Å². The van der Waals surface area contributed by atoms with E-state index >= 15 is 0 Å². The van der Waals surface area contributed by atoms with E-state index < -0.39 is 17.4 Å². The Labute approximate surface area is 390 Å². The van der Waals surface area contributed by atoms with Gasteiger partial charge in [-0.2, -0.15) is 5.26 Å². The van der Waals surface area contributed by atoms with Gasteiger partial charge in [-0.15, -0.1) is 0 Å². The number of aromatic nitrogens is 1. The van der Waals surface area contributed by atoms with E-state index in [1.807, 2.05) is 29.2 Å². The molecule has 9 rings (SSSR count). The van der Waals surface area contributed by atoms with Gasteiger partial charge in [0.15, 0.2) is 5.78 Å². The van der Waals surface area contributed by atoms with Gasteiger partial charge in [0.1, 0.15) is 12.6 Å². The number of nitrogens with one attached hydrogen (secondary N) is 3. The zero-order valence-corrected chi connectivity index (χ0v) is 38.7. The molecule has 3 aromatic carbocycles. The first kappa shape index (κ1) is 46.0. The van der Waals surface area contributed by atoms with Crippen LogP contribution in [0.2, 0.25) is 0 Å². The molecule has 3 saturated heterocycles. The van der Waals surface area contributed by atoms with Crippen LogP contribution in [0.3, 0.4) is 0 Å². The molecule has 4 amide bonds. The predicted octanol–water partition coefficient (Wildman–Crippen LogP) is 4.51. The molecular formula is C51H60N8O8. The Morgan fingerprint density at radius 3 is 2.36 bits per heavy atom. The smallest absolute Gasteiger partial charge is 0.255 e. The maximum absolute atomic E-state index is 14.1. The number of benzene rings is 3. The molecule has 5 aliphatic rings. The SMILES string of the molecule is CCc1cc2c(cc1N1CCC(N3CCN(C(=O)COCCOCCOCCNc4cccc5c4CN(C4CCC(=O)NC4=O)C5=O)CC3)CC1)C(C)(C)c1[nH]c3cc(C#N)ccc3c1C2=O. The standard InChI is InChI=1S/C51H60N8O8/c1-4-33-27-37-39(51(2,3)48-46(47(37)62)36-9-8-32(29-52)26-41(36)54-48)28-43(33)57-15-12-34(13-16-57)56-17-19-58(20-18-56)45(61)31-67-25-24-66-23-22-65-21-14-53-40-7-5-6-35-38(40)30-59(50(35)64)42-10-11-44(60)55-49(42)63/h5-9,26-28,34,42,53-54H,4,10-25,30-31H2,1-3H3,(H,55,60,63). The van der Waals surface area contributed by atoms with Crippen LogP contribution in [0.15, 0.2) is 48.5 Å². The maximum atomic E-state index is 14.1. The number of piperidine rings is 2. The zero-order valence-electron chi connectivity index (χ0n) is 38.7. The van der Waals surface area contributed by atoms with Gasteiger partial charge < -0.3 is 39.2 Å². The van der Waals surface area contributed by atoms with Crippen molar-refractivity contribution in [3.8, 4) is 6.07 Å². The van der Waals surface area contributed by atoms with E-state index in [1.54, 1.807) is 17.0 Å². The van der Waals surface area contributed by atoms with Crippen LogP contribution in [-0.2, 0) is 47.0 Å². The van der Waals surface area contributed by atoms with Crippen molar-refractivity contribution >= 4 is 51.7 Å². The molecule has 1 aliphatic carbocycles. The van der Waals surface area contributed by atoms with E-state index in [2.05, 4.69) is 64.4 Å². The lowest BCUT2D eigenvalue weighted by atomic mass is 9.70. The minimum atomic E-state index is -0.655. The van der Waals surface area contributed by atoms with Crippen LogP contribution in [-0.4, -0.2) is 147 Å². The molecule has 5 heterocycles. The molecule has 1 unspecified atom stereocenters. The highest BCUT2D eigenvalue weighted by molar-refractivity contribution is 6.20. The summed E-state index contributed by atoms with van der Waals surface area (Å²) in [6.07, 6.45) is 3.42. The summed E-state index contributed by atoms with van der Waals surface area (Å²) in [7, 11) is 0. The zero-order chi connectivity index (χ0) is 46.8. The normalized spacial score (nSPS) is 19.6. The summed E-state index contributed by atoms with van der Waals surface area (Å²) in [5, 5.41) is 16.0. The first-order valence-electron chi connectivity index (χ1n) is 23.8. The summed E-state index contributed by atoms with van der Waals surface area (Å²) in [4.78, 5) is 76.2. The number of nitriles is 1. The van der Waals surface area contributed by atoms with Crippen molar-refractivity contribution in [2.24, 2.45) is 0 Å². The molecule has 352 valence electrons. The number of ketones is 1. The molecule has 16 nitrogen and oxygen atoms in total. The maximum Gasteiger partial charge on any atom is 0.255 e. The Bertz CT molecular complexity index is 2620. The average molecular weight is 913 g/mol. The number of anilines is 2. The third kappa shape index (κ3) is 9.17. The minimum Gasteiger partial charge on any atom is -0.382 e. The second-order valence-corrected chi connectivity index (χ2v) is 18.7. The van der Waals surface area contributed by atoms with Crippen LogP contribution in [0.5, 0.6) is 0 Å². The Balaban J connectivity index is 0.653. The van der Waals surface area contributed by atoms with Crippen LogP contribution in [0.25, 0.3) is 10.9 Å². The Hall–Kier alpha value is -6.12. The summed E-state index contributed by atoms with van der Waals surface area (Å²) >= 11 is 0. The average Bonchev–Trinajstić information content (AvgIpc) is 3.90. The highest BCUT2D eigenvalue weighted by Crippen LogP contribution is 2.46. The minimum absolute atomic E-state index is 0.00481. The molecule has 0 bridgehead atoms. The monoisotopic (exact) mass is 912 g/mol. The van der Waals surface area contributed by atoms with Crippen LogP contribution < -0.4 is 15.5 Å². The van der Waals surface area contributed by atoms with Gasteiger partial charge in [0.25, 0.3) is 5.91 Å². The van der Waals surface area contributed by atoms with E-state index in [-0.39, 0.29) is 36.5 Å². The van der Waals surface area contributed by atoms with Gasteiger partial charge >= 0.3 is 0 Å². The summed E-state index contributed by atoms with van der Waals surface area (Å²) < 4.78 is 17.0. The van der Waals surface area contributed by atoms with Crippen molar-refractivity contribution < 1.29 is 38.2 Å². The molecule has 1 atom stereocenters. The number of nitrogens with zero attached hydrogens (tertiary/aromatic N) is 5. The first-order valence-corrected chi connectivity index (χ1v) is 23.8. The van der Waals surface area contributed by atoms with Crippen molar-refractivity contribution in [1.82, 2.24) is 25.0 Å². The fourth-order valence-electron chi connectivity index (χ4n) is 10.7. The lowest BCUT2D eigenvalue weighted by Gasteiger charge is -2.44. The summed E-state index contributed by atoms with van der Waals surface area (Å²) in [6, 6.07) is 17.4. The number of rotatable bonds is 16. The largest absolute Gasteiger partial charge is 0.382 e. The van der Waals surface area contributed by atoms with Gasteiger partial charge in [0.2, 0.25) is 17.7 Å². The number of piperazine rings is 1. The molecule has 3 N–H and O–H groups in total. The van der Waals surface area contributed by atoms with E-state index in [0.29, 0.717) is 88.4 Å². The first-order chi connectivity index (χ1) is 32.5. The van der Waals surface area contributed by atoms with Crippen molar-refractivity contribution in [1.29, 1.82) is 5.26 Å². The molecule has 3 fully saturated rings. The quantitative estimate of drug-likeness (QED) is 0.106. The second-order valence-electron chi connectivity index (χ2n) is 18.7. The van der Waals surface area contributed by atoms with Crippen LogP contribution >= 0.6 is 0 Å². The number of hydrogen-bond donors (Lipinski definition) is 3. The fourth-order valence-corrected chi connectivity index (χ4v) is 10.7. The summed E-state index contributed by atoms with van der Waals surface area (Å²) in [5.74, 6) is -0.910. The number of carbonyl (C=O) groups excluding carboxylic acids is 5. The lowest BCUT2D eigenvalue weighted by molar-refractivity contribution is -0.139. The number of fused-ring (bicyclic) bond motifs is 5. The molecular weight excluding hydrogens is 853 g/mol. The highest BCUT2D eigenvalue weighted by atomic mass is 16.5. The fraction of sp³-hybridized carbons (Fsp3) is 0.490. The van der Waals surface area contributed by atoms with Crippen molar-refractivity contribution in [3.63, 3.8) is 0 Å². The number of aryl methyl sites for hydroxylation is 1. The Morgan fingerprint density at radius 2 is 1.63 bits per heavy atom. The van der Waals surface area contributed by atoms with Gasteiger partial charge in [-0.1, -0.05) is 32.9 Å². The number of amides is 4. The van der Waals surface area contributed by atoms with Crippen LogP contribution in [0.4, 0.5) is 11.4 Å². The number of H-pyrrole nitrogens is 1. The molecule has 1 aromatic heterocycles. The number of imide groups is 1. The van der Waals surface area contributed by atoms with Gasteiger partial charge in [-0.3, -0.25) is 34.2 Å². The van der Waals surface area contributed by atoms with E-state index in [1.165, 1.54) is 11.3 Å². The number of carbonyl (C=O) groups is 5. The summed E-state index contributed by atoms with van der Waals surface area (Å²) in [6.45, 7) is 14.1. The third-order valence-electron chi connectivity index (χ3n) is 14.4. The van der Waals surface area contributed by atoms with E-state index in [0.717, 1.165) is 84.4 Å². The second kappa shape index (κ2) is 19.6. The van der Waals surface area contributed by atoms with Gasteiger partial charge in [0, 0.05) is 115 Å². The molecule has 4 aliphatic heterocycles. The third-order valence-corrected chi connectivity index (χ3v) is 14.4.